The molecule has 0 saturated heterocycles. The minimum Gasteiger partial charge on any atom is -0.508 e. The Kier molecular flexibility index (Phi) is 5.12. The number of nitrogens with one attached hydrogen (secondary N) is 1. The van der Waals surface area contributed by atoms with Crippen molar-refractivity contribution in [2.75, 3.05) is 6.54 Å². The van der Waals surface area contributed by atoms with Crippen LogP contribution in [0, 0.1) is 0 Å². The van der Waals surface area contributed by atoms with E-state index in [0.717, 1.165) is 29.4 Å². The number of phenolic OH excluding ortho intramolecular Hbond substituents is 1. The molecule has 0 saturated carbocycles. The van der Waals surface area contributed by atoms with E-state index >= 15 is 0 Å². The molecule has 0 aliphatic heterocycles. The maximum Gasteiger partial charge on any atom is 0.120 e. The Morgan fingerprint density at radius 3 is 2.73 bits per heavy atom. The monoisotopic (exact) mass is 271 g/mol. The van der Waals surface area contributed by atoms with Crippen molar-refractivity contribution in [1.82, 2.24) is 5.32 Å². The van der Waals surface area contributed by atoms with E-state index in [1.807, 2.05) is 12.1 Å². The van der Waals surface area contributed by atoms with Crippen LogP contribution >= 0.6 is 15.9 Å². The summed E-state index contributed by atoms with van der Waals surface area (Å²) >= 11 is 3.42. The summed E-state index contributed by atoms with van der Waals surface area (Å²) in [6.45, 7) is 5.23. The number of aromatic hydroxyl groups is 1. The molecule has 0 aromatic heterocycles. The quantitative estimate of drug-likeness (QED) is 0.858. The number of halogens is 1. The van der Waals surface area contributed by atoms with Crippen molar-refractivity contribution in [3.8, 4) is 5.75 Å². The highest BCUT2D eigenvalue weighted by Crippen LogP contribution is 2.29. The molecular formula is C12H18BrNO. The van der Waals surface area contributed by atoms with Gasteiger partial charge in [0.2, 0.25) is 0 Å². The van der Waals surface area contributed by atoms with Gasteiger partial charge in [0, 0.05) is 16.1 Å². The molecule has 1 aromatic carbocycles. The van der Waals surface area contributed by atoms with Crippen LogP contribution in [-0.4, -0.2) is 11.7 Å². The van der Waals surface area contributed by atoms with Gasteiger partial charge in [0.1, 0.15) is 5.75 Å². The molecule has 0 radical (unpaired) electrons. The predicted molar refractivity (Wildman–Crippen MR) is 67.1 cm³/mol. The molecule has 1 atom stereocenters. The molecule has 0 spiro atoms. The van der Waals surface area contributed by atoms with Crippen LogP contribution in [0.5, 0.6) is 5.75 Å². The molecule has 0 bridgehead atoms. The highest BCUT2D eigenvalue weighted by Gasteiger charge is 2.12. The molecule has 2 nitrogen and oxygen atoms in total. The van der Waals surface area contributed by atoms with Crippen molar-refractivity contribution in [3.05, 3.63) is 28.2 Å². The number of hydrogen-bond donors (Lipinski definition) is 2. The molecule has 0 aliphatic rings. The Morgan fingerprint density at radius 1 is 1.40 bits per heavy atom. The predicted octanol–water partition coefficient (Wildman–Crippen LogP) is 3.61. The van der Waals surface area contributed by atoms with Gasteiger partial charge in [0.15, 0.2) is 0 Å². The molecule has 0 heterocycles. The lowest BCUT2D eigenvalue weighted by Gasteiger charge is -2.18. The largest absolute Gasteiger partial charge is 0.508 e. The van der Waals surface area contributed by atoms with Crippen LogP contribution < -0.4 is 5.32 Å². The van der Waals surface area contributed by atoms with Gasteiger partial charge in [0.25, 0.3) is 0 Å². The molecule has 84 valence electrons. The Bertz CT molecular complexity index is 314. The summed E-state index contributed by atoms with van der Waals surface area (Å²) in [5.74, 6) is 0.369. The molecule has 0 unspecified atom stereocenters. The molecule has 1 rings (SSSR count). The van der Waals surface area contributed by atoms with Gasteiger partial charge in [-0.1, -0.05) is 29.8 Å². The van der Waals surface area contributed by atoms with Crippen LogP contribution in [-0.2, 0) is 0 Å². The Labute approximate surface area is 99.8 Å². The fourth-order valence-electron chi connectivity index (χ4n) is 1.60. The summed E-state index contributed by atoms with van der Waals surface area (Å²) in [6, 6.07) is 5.80. The van der Waals surface area contributed by atoms with Gasteiger partial charge in [-0.3, -0.25) is 0 Å². The van der Waals surface area contributed by atoms with Gasteiger partial charge in [-0.25, -0.2) is 0 Å². The first-order chi connectivity index (χ1) is 7.19. The number of benzene rings is 1. The minimum atomic E-state index is 0.238. The van der Waals surface area contributed by atoms with E-state index < -0.39 is 0 Å². The Hall–Kier alpha value is -0.540. The summed E-state index contributed by atoms with van der Waals surface area (Å²) in [5.41, 5.74) is 0.973. The maximum atomic E-state index is 9.77. The lowest BCUT2D eigenvalue weighted by Crippen LogP contribution is -2.21. The second kappa shape index (κ2) is 6.13. The highest BCUT2D eigenvalue weighted by atomic mass is 79.9. The van der Waals surface area contributed by atoms with Crippen molar-refractivity contribution in [2.45, 2.75) is 32.7 Å². The first kappa shape index (κ1) is 12.5. The van der Waals surface area contributed by atoms with Crippen LogP contribution in [0.15, 0.2) is 22.7 Å². The second-order valence-corrected chi connectivity index (χ2v) is 4.53. The molecule has 0 fully saturated rings. The lowest BCUT2D eigenvalue weighted by atomic mass is 10.0. The highest BCUT2D eigenvalue weighted by molar-refractivity contribution is 9.10. The summed E-state index contributed by atoms with van der Waals surface area (Å²) in [5, 5.41) is 13.2. The zero-order chi connectivity index (χ0) is 11.3. The van der Waals surface area contributed by atoms with E-state index in [-0.39, 0.29) is 6.04 Å². The summed E-state index contributed by atoms with van der Waals surface area (Å²) in [4.78, 5) is 0. The lowest BCUT2D eigenvalue weighted by molar-refractivity contribution is 0.441. The molecule has 3 heteroatoms. The Morgan fingerprint density at radius 2 is 2.13 bits per heavy atom. The van der Waals surface area contributed by atoms with Crippen molar-refractivity contribution in [3.63, 3.8) is 0 Å². The molecule has 0 aliphatic carbocycles. The van der Waals surface area contributed by atoms with Gasteiger partial charge in [-0.05, 0) is 37.6 Å². The van der Waals surface area contributed by atoms with E-state index in [1.54, 1.807) is 6.07 Å². The average molecular weight is 272 g/mol. The maximum absolute atomic E-state index is 9.77. The Balaban J connectivity index is 2.85. The smallest absolute Gasteiger partial charge is 0.120 e. The van der Waals surface area contributed by atoms with E-state index in [2.05, 4.69) is 35.1 Å². The van der Waals surface area contributed by atoms with Crippen LogP contribution in [0.2, 0.25) is 0 Å². The second-order valence-electron chi connectivity index (χ2n) is 3.62. The SMILES string of the molecule is CCCN[C@@H](CC)c1cc(Br)ccc1O. The topological polar surface area (TPSA) is 32.3 Å². The van der Waals surface area contributed by atoms with Crippen molar-refractivity contribution < 1.29 is 5.11 Å². The third-order valence-corrected chi connectivity index (χ3v) is 2.91. The van der Waals surface area contributed by atoms with Crippen LogP contribution in [0.25, 0.3) is 0 Å². The van der Waals surface area contributed by atoms with Gasteiger partial charge in [-0.15, -0.1) is 0 Å². The first-order valence-electron chi connectivity index (χ1n) is 5.40. The van der Waals surface area contributed by atoms with E-state index in [4.69, 9.17) is 0 Å². The van der Waals surface area contributed by atoms with E-state index in [9.17, 15) is 5.11 Å². The summed E-state index contributed by atoms with van der Waals surface area (Å²) in [7, 11) is 0. The summed E-state index contributed by atoms with van der Waals surface area (Å²) in [6.07, 6.45) is 2.08. The number of hydrogen-bond acceptors (Lipinski definition) is 2. The fraction of sp³-hybridized carbons (Fsp3) is 0.500. The zero-order valence-electron chi connectivity index (χ0n) is 9.26. The van der Waals surface area contributed by atoms with Crippen molar-refractivity contribution in [1.29, 1.82) is 0 Å². The molecule has 15 heavy (non-hydrogen) atoms. The van der Waals surface area contributed by atoms with Gasteiger partial charge in [-0.2, -0.15) is 0 Å². The fourth-order valence-corrected chi connectivity index (χ4v) is 1.98. The molecular weight excluding hydrogens is 254 g/mol. The number of phenols is 1. The van der Waals surface area contributed by atoms with Crippen LogP contribution in [0.4, 0.5) is 0 Å². The van der Waals surface area contributed by atoms with E-state index in [0.29, 0.717) is 5.75 Å². The van der Waals surface area contributed by atoms with Gasteiger partial charge in [0.05, 0.1) is 0 Å². The third kappa shape index (κ3) is 3.50. The molecule has 1 aromatic rings. The van der Waals surface area contributed by atoms with Crippen LogP contribution in [0.3, 0.4) is 0 Å². The van der Waals surface area contributed by atoms with Gasteiger partial charge >= 0.3 is 0 Å². The third-order valence-electron chi connectivity index (χ3n) is 2.41. The van der Waals surface area contributed by atoms with Crippen LogP contribution in [0.1, 0.15) is 38.3 Å². The number of rotatable bonds is 5. The average Bonchev–Trinajstić information content (AvgIpc) is 2.24. The van der Waals surface area contributed by atoms with Crippen molar-refractivity contribution in [2.24, 2.45) is 0 Å². The van der Waals surface area contributed by atoms with E-state index in [1.165, 1.54) is 0 Å². The van der Waals surface area contributed by atoms with Gasteiger partial charge < -0.3 is 10.4 Å². The molecule has 2 N–H and O–H groups in total. The minimum absolute atomic E-state index is 0.238. The standard InChI is InChI=1S/C12H18BrNO/c1-3-7-14-11(4-2)10-8-9(13)5-6-12(10)15/h5-6,8,11,14-15H,3-4,7H2,1-2H3/t11-/m0/s1. The normalized spacial score (nSPS) is 12.7. The zero-order valence-corrected chi connectivity index (χ0v) is 10.8. The molecule has 0 amide bonds. The first-order valence-corrected chi connectivity index (χ1v) is 6.20. The summed E-state index contributed by atoms with van der Waals surface area (Å²) < 4.78 is 1.01. The van der Waals surface area contributed by atoms with Crippen molar-refractivity contribution >= 4 is 15.9 Å².